The van der Waals surface area contributed by atoms with Crippen molar-refractivity contribution in [2.24, 2.45) is 0 Å². The van der Waals surface area contributed by atoms with Crippen LogP contribution in [-0.2, 0) is 0 Å². The van der Waals surface area contributed by atoms with Crippen molar-refractivity contribution in [1.82, 2.24) is 5.32 Å². The van der Waals surface area contributed by atoms with Gasteiger partial charge in [-0.05, 0) is 30.4 Å². The quantitative estimate of drug-likeness (QED) is 0.802. The lowest BCUT2D eigenvalue weighted by Gasteiger charge is -2.26. The Balaban J connectivity index is 1.87. The molecule has 2 aromatic rings. The van der Waals surface area contributed by atoms with Crippen LogP contribution >= 0.6 is 0 Å². The molecule has 2 aromatic carbocycles. The fourth-order valence-electron chi connectivity index (χ4n) is 2.84. The SMILES string of the molecule is C1=CC(NC(c2ccccc2)c2ccccc2)CCC1. The lowest BCUT2D eigenvalue weighted by Crippen LogP contribution is -2.33. The minimum Gasteiger partial charge on any atom is -0.300 e. The molecule has 0 spiro atoms. The van der Waals surface area contributed by atoms with Crippen LogP contribution in [-0.4, -0.2) is 6.04 Å². The van der Waals surface area contributed by atoms with Crippen molar-refractivity contribution in [2.45, 2.75) is 31.3 Å². The Morgan fingerprint density at radius 3 is 1.95 bits per heavy atom. The normalized spacial score (nSPS) is 18.4. The second kappa shape index (κ2) is 6.53. The molecular weight excluding hydrogens is 242 g/mol. The highest BCUT2D eigenvalue weighted by Crippen LogP contribution is 2.24. The number of nitrogens with one attached hydrogen (secondary N) is 1. The minimum atomic E-state index is 0.269. The molecular formula is C19H21N. The number of hydrogen-bond donors (Lipinski definition) is 1. The highest BCUT2D eigenvalue weighted by atomic mass is 14.9. The third-order valence-electron chi connectivity index (χ3n) is 3.90. The van der Waals surface area contributed by atoms with Gasteiger partial charge >= 0.3 is 0 Å². The molecule has 1 aliphatic carbocycles. The van der Waals surface area contributed by atoms with E-state index in [-0.39, 0.29) is 6.04 Å². The zero-order chi connectivity index (χ0) is 13.6. The zero-order valence-electron chi connectivity index (χ0n) is 11.7. The van der Waals surface area contributed by atoms with E-state index in [9.17, 15) is 0 Å². The van der Waals surface area contributed by atoms with Gasteiger partial charge in [0.2, 0.25) is 0 Å². The van der Waals surface area contributed by atoms with Gasteiger partial charge in [-0.2, -0.15) is 0 Å². The average molecular weight is 263 g/mol. The molecule has 0 fully saturated rings. The Morgan fingerprint density at radius 2 is 1.45 bits per heavy atom. The van der Waals surface area contributed by atoms with Gasteiger partial charge in [-0.1, -0.05) is 72.8 Å². The fourth-order valence-corrected chi connectivity index (χ4v) is 2.84. The number of rotatable bonds is 4. The summed E-state index contributed by atoms with van der Waals surface area (Å²) < 4.78 is 0. The van der Waals surface area contributed by atoms with Crippen molar-refractivity contribution in [3.63, 3.8) is 0 Å². The topological polar surface area (TPSA) is 12.0 Å². The number of benzene rings is 2. The van der Waals surface area contributed by atoms with Gasteiger partial charge in [0.1, 0.15) is 0 Å². The smallest absolute Gasteiger partial charge is 0.0581 e. The van der Waals surface area contributed by atoms with Crippen LogP contribution < -0.4 is 5.32 Å². The summed E-state index contributed by atoms with van der Waals surface area (Å²) in [6, 6.07) is 22.2. The fraction of sp³-hybridized carbons (Fsp3) is 0.263. The Hall–Kier alpha value is -1.86. The highest BCUT2D eigenvalue weighted by molar-refractivity contribution is 5.32. The summed E-state index contributed by atoms with van der Waals surface area (Å²) in [6.45, 7) is 0. The summed E-state index contributed by atoms with van der Waals surface area (Å²) >= 11 is 0. The number of allylic oxidation sites excluding steroid dienone is 1. The summed E-state index contributed by atoms with van der Waals surface area (Å²) in [5, 5.41) is 3.80. The van der Waals surface area contributed by atoms with E-state index in [4.69, 9.17) is 0 Å². The summed E-state index contributed by atoms with van der Waals surface area (Å²) in [5.41, 5.74) is 2.66. The second-order valence-electron chi connectivity index (χ2n) is 5.39. The Kier molecular flexibility index (Phi) is 4.29. The molecule has 0 radical (unpaired) electrons. The standard InChI is InChI=1S/C19H21N/c1-4-10-16(11-5-1)19(17-12-6-2-7-13-17)20-18-14-8-3-9-15-18/h1-2,4-8,10-14,18-20H,3,9,15H2. The van der Waals surface area contributed by atoms with Crippen molar-refractivity contribution in [3.05, 3.63) is 83.9 Å². The van der Waals surface area contributed by atoms with Crippen molar-refractivity contribution in [3.8, 4) is 0 Å². The van der Waals surface area contributed by atoms with Crippen molar-refractivity contribution in [2.75, 3.05) is 0 Å². The number of hydrogen-bond acceptors (Lipinski definition) is 1. The Labute approximate surface area is 121 Å². The van der Waals surface area contributed by atoms with Gasteiger partial charge < -0.3 is 0 Å². The van der Waals surface area contributed by atoms with E-state index in [2.05, 4.69) is 78.1 Å². The molecule has 0 saturated heterocycles. The molecule has 1 atom stereocenters. The predicted molar refractivity (Wildman–Crippen MR) is 84.6 cm³/mol. The maximum absolute atomic E-state index is 3.80. The average Bonchev–Trinajstić information content (AvgIpc) is 2.55. The summed E-state index contributed by atoms with van der Waals surface area (Å²) in [6.07, 6.45) is 8.35. The Bertz CT molecular complexity index is 505. The summed E-state index contributed by atoms with van der Waals surface area (Å²) in [7, 11) is 0. The van der Waals surface area contributed by atoms with Crippen LogP contribution in [0.1, 0.15) is 36.4 Å². The molecule has 0 saturated carbocycles. The van der Waals surface area contributed by atoms with E-state index in [0.29, 0.717) is 6.04 Å². The van der Waals surface area contributed by atoms with Gasteiger partial charge in [0.25, 0.3) is 0 Å². The van der Waals surface area contributed by atoms with E-state index in [1.54, 1.807) is 0 Å². The van der Waals surface area contributed by atoms with Crippen LogP contribution in [0.4, 0.5) is 0 Å². The molecule has 102 valence electrons. The molecule has 1 aliphatic rings. The molecule has 1 heteroatoms. The highest BCUT2D eigenvalue weighted by Gasteiger charge is 2.17. The van der Waals surface area contributed by atoms with Gasteiger partial charge in [0.05, 0.1) is 6.04 Å². The van der Waals surface area contributed by atoms with Gasteiger partial charge in [-0.25, -0.2) is 0 Å². The van der Waals surface area contributed by atoms with Crippen LogP contribution in [0.15, 0.2) is 72.8 Å². The molecule has 0 heterocycles. The van der Waals surface area contributed by atoms with E-state index < -0.39 is 0 Å². The Morgan fingerprint density at radius 1 is 0.850 bits per heavy atom. The summed E-state index contributed by atoms with van der Waals surface area (Å²) in [4.78, 5) is 0. The predicted octanol–water partition coefficient (Wildman–Crippen LogP) is 4.47. The maximum atomic E-state index is 3.80. The molecule has 0 aliphatic heterocycles. The van der Waals surface area contributed by atoms with Crippen molar-refractivity contribution < 1.29 is 0 Å². The lowest BCUT2D eigenvalue weighted by molar-refractivity contribution is 0.483. The van der Waals surface area contributed by atoms with E-state index in [1.807, 2.05) is 0 Å². The first-order valence-corrected chi connectivity index (χ1v) is 7.46. The van der Waals surface area contributed by atoms with Gasteiger partial charge in [0.15, 0.2) is 0 Å². The van der Waals surface area contributed by atoms with Crippen LogP contribution in [0.25, 0.3) is 0 Å². The van der Waals surface area contributed by atoms with Crippen LogP contribution in [0.5, 0.6) is 0 Å². The first kappa shape index (κ1) is 13.1. The first-order chi connectivity index (χ1) is 9.93. The molecule has 1 nitrogen and oxygen atoms in total. The summed E-state index contributed by atoms with van der Waals surface area (Å²) in [5.74, 6) is 0. The zero-order valence-corrected chi connectivity index (χ0v) is 11.7. The third kappa shape index (κ3) is 3.17. The molecule has 0 aromatic heterocycles. The van der Waals surface area contributed by atoms with Gasteiger partial charge in [-0.3, -0.25) is 5.32 Å². The van der Waals surface area contributed by atoms with E-state index >= 15 is 0 Å². The molecule has 0 amide bonds. The van der Waals surface area contributed by atoms with Crippen LogP contribution in [0.2, 0.25) is 0 Å². The van der Waals surface area contributed by atoms with E-state index in [1.165, 1.54) is 30.4 Å². The minimum absolute atomic E-state index is 0.269. The lowest BCUT2D eigenvalue weighted by atomic mass is 9.95. The molecule has 3 rings (SSSR count). The molecule has 1 N–H and O–H groups in total. The van der Waals surface area contributed by atoms with Crippen molar-refractivity contribution >= 4 is 0 Å². The maximum Gasteiger partial charge on any atom is 0.0581 e. The third-order valence-corrected chi connectivity index (χ3v) is 3.90. The first-order valence-electron chi connectivity index (χ1n) is 7.46. The molecule has 20 heavy (non-hydrogen) atoms. The second-order valence-corrected chi connectivity index (χ2v) is 5.39. The van der Waals surface area contributed by atoms with Crippen LogP contribution in [0.3, 0.4) is 0 Å². The monoisotopic (exact) mass is 263 g/mol. The van der Waals surface area contributed by atoms with Crippen molar-refractivity contribution in [1.29, 1.82) is 0 Å². The largest absolute Gasteiger partial charge is 0.300 e. The molecule has 1 unspecified atom stereocenters. The van der Waals surface area contributed by atoms with Gasteiger partial charge in [0, 0.05) is 6.04 Å². The molecule has 0 bridgehead atoms. The van der Waals surface area contributed by atoms with Crippen LogP contribution in [0, 0.1) is 0 Å². The van der Waals surface area contributed by atoms with Gasteiger partial charge in [-0.15, -0.1) is 0 Å². The van der Waals surface area contributed by atoms with E-state index in [0.717, 1.165) is 0 Å².